The monoisotopic (exact) mass is 2030 g/mol. The van der Waals surface area contributed by atoms with Crippen LogP contribution in [0.15, 0.2) is 91.8 Å². The highest BCUT2D eigenvalue weighted by molar-refractivity contribution is 6.32. The smallest absolute Gasteiger partial charge is 0.384 e. The lowest BCUT2D eigenvalue weighted by molar-refractivity contribution is -0.138. The molecule has 4 amide bonds. The number of benzene rings is 2. The van der Waals surface area contributed by atoms with Gasteiger partial charge in [0.15, 0.2) is 0 Å². The van der Waals surface area contributed by atoms with Crippen LogP contribution in [0, 0.1) is 13.8 Å². The second-order valence-corrected chi connectivity index (χ2v) is 37.5. The molecule has 1 saturated carbocycles. The largest absolute Gasteiger partial charge is 0.421 e. The number of anilines is 16. The van der Waals surface area contributed by atoms with Crippen molar-refractivity contribution in [1.82, 2.24) is 79.6 Å². The molecule has 9 fully saturated rings. The van der Waals surface area contributed by atoms with Gasteiger partial charge in [0, 0.05) is 230 Å². The zero-order valence-corrected chi connectivity index (χ0v) is 83.4. The van der Waals surface area contributed by atoms with E-state index in [2.05, 4.69) is 167 Å². The lowest BCUT2D eigenvalue weighted by atomic mass is 10.1. The van der Waals surface area contributed by atoms with E-state index in [9.17, 15) is 58.7 Å². The number of carbonyl (C=O) groups excluding carboxylic acids is 4. The molecule has 144 heavy (non-hydrogen) atoms. The molecule has 0 unspecified atom stereocenters. The maximum Gasteiger partial charge on any atom is 0.421 e. The van der Waals surface area contributed by atoms with Gasteiger partial charge in [-0.1, -0.05) is 18.5 Å². The molecular formula is C99H134ClF9N28O7. The molecule has 8 saturated heterocycles. The summed E-state index contributed by atoms with van der Waals surface area (Å²) in [4.78, 5) is 107. The Morgan fingerprint density at radius 3 is 1.30 bits per heavy atom. The lowest BCUT2D eigenvalue weighted by Gasteiger charge is -2.34. The minimum atomic E-state index is -4.60. The Morgan fingerprint density at radius 2 is 0.812 bits per heavy atom. The summed E-state index contributed by atoms with van der Waals surface area (Å²) in [7, 11) is 4.21. The van der Waals surface area contributed by atoms with Crippen molar-refractivity contribution in [3.05, 3.63) is 136 Å². The van der Waals surface area contributed by atoms with Gasteiger partial charge >= 0.3 is 18.5 Å². The van der Waals surface area contributed by atoms with Gasteiger partial charge in [-0.15, -0.1) is 0 Å². The topological polar surface area (TPSA) is 353 Å². The Morgan fingerprint density at radius 1 is 0.396 bits per heavy atom. The molecule has 6 aromatic heterocycles. The van der Waals surface area contributed by atoms with Gasteiger partial charge in [0.25, 0.3) is 0 Å². The van der Waals surface area contributed by atoms with Crippen molar-refractivity contribution in [3.63, 3.8) is 0 Å². The molecule has 8 aliphatic heterocycles. The molecule has 0 bridgehead atoms. The third-order valence-electron chi connectivity index (χ3n) is 26.5. The molecule has 17 rings (SSSR count). The normalized spacial score (nSPS) is 17.7. The molecule has 0 atom stereocenters. The second kappa shape index (κ2) is 52.2. The van der Waals surface area contributed by atoms with Crippen molar-refractivity contribution in [2.45, 2.75) is 142 Å². The van der Waals surface area contributed by atoms with Gasteiger partial charge in [0.1, 0.15) is 51.1 Å². The lowest BCUT2D eigenvalue weighted by Crippen LogP contribution is -2.44. The Hall–Kier alpha value is -12.0. The van der Waals surface area contributed by atoms with Gasteiger partial charge < -0.3 is 111 Å². The standard InChI is InChI=1S/C27H37F3N6O2.C25H34ClN7O2.C24H33F3N8O.C23H30F3N7O2/c1-3-20-17-21(35-12-10-34(2)11-13-35)5-6-23(20)33-25-18-24(22(19-32-25)27(28,29)30)31-8-4-9-36-14-16-38-15-7-26(36)37;26-21-17-29-25(31-24(21)28-7-1-10-33-13-15-35-14-6-23(33)34)30-22-5-4-19(16-20(22)18-2-3-18)32-11-8-27-9-12-32;1-17-14-20(34-12-10-33(2)11-13-34)29-16-19(17)31-23-30-15-18(24(25,26)27)22(32-23)28-7-5-9-35-8-4-3-6-21(35)36;1-16-13-19(32-9-11-35-12-10-32)28-15-18(16)30-22-29-14-17(23(24,25)26)21(31-22)27-6-4-8-33-7-3-2-5-20(33)34/h5-6,17-19H,3-4,7-16H2,1-2H3,(H2,31,32,33);4-5,16-18,27H,1-3,6-15H2,(H2,28,29,30,31);14-16H,3-13H2,1-2H3,(H2,28,30,31,32);13-15H,2-12H2,1H3,(H2,27,29,30,31). The highest BCUT2D eigenvalue weighted by atomic mass is 35.5. The number of piperazine rings is 3. The summed E-state index contributed by atoms with van der Waals surface area (Å²) in [6, 6.07) is 18.1. The molecule has 9 aliphatic rings. The van der Waals surface area contributed by atoms with Crippen LogP contribution in [0.25, 0.3) is 0 Å². The third kappa shape index (κ3) is 31.8. The maximum absolute atomic E-state index is 13.7. The van der Waals surface area contributed by atoms with Crippen LogP contribution in [-0.2, 0) is 58.3 Å². The molecule has 0 radical (unpaired) electrons. The summed E-state index contributed by atoms with van der Waals surface area (Å²) < 4.78 is 138. The van der Waals surface area contributed by atoms with Gasteiger partial charge in [-0.25, -0.2) is 29.9 Å². The quantitative estimate of drug-likeness (QED) is 0.0134. The molecule has 9 N–H and O–H groups in total. The summed E-state index contributed by atoms with van der Waals surface area (Å²) in [5.74, 6) is 3.62. The van der Waals surface area contributed by atoms with E-state index in [1.54, 1.807) is 33.3 Å². The number of nitrogens with zero attached hydrogens (tertiary/aromatic N) is 19. The minimum Gasteiger partial charge on any atom is -0.384 e. The molecule has 35 nitrogen and oxygen atoms in total. The summed E-state index contributed by atoms with van der Waals surface area (Å²) >= 11 is 6.36. The molecule has 45 heteroatoms. The SMILES string of the molecule is CCc1cc(N2CCN(C)CC2)ccc1Nc1cc(NCCCN2CCOCCC2=O)c(C(F)(F)F)cn1.Cc1cc(N2CCN(C)CC2)ncc1Nc1ncc(C(F)(F)F)c(NCCCN2CCCCC2=O)n1.Cc1cc(N2CCOCC2)ncc1Nc1ncc(C(F)(F)F)c(NCCCN2CCCCC2=O)n1.O=C1CCOCCN1CCCNc1nc(Nc2ccc(N3CCNCC3)cc2C2CC2)ncc1Cl. The molecule has 8 aromatic rings. The van der Waals surface area contributed by atoms with Crippen molar-refractivity contribution < 1.29 is 72.9 Å². The Labute approximate surface area is 839 Å². The van der Waals surface area contributed by atoms with Gasteiger partial charge in [-0.3, -0.25) is 19.2 Å². The number of morpholine rings is 1. The van der Waals surface area contributed by atoms with Crippen molar-refractivity contribution in [2.24, 2.45) is 0 Å². The summed E-state index contributed by atoms with van der Waals surface area (Å²) in [5.41, 5.74) is 7.00. The number of piperidine rings is 2. The zero-order chi connectivity index (χ0) is 102. The van der Waals surface area contributed by atoms with Crippen LogP contribution in [-0.4, -0.2) is 322 Å². The van der Waals surface area contributed by atoms with Gasteiger partial charge in [0.05, 0.1) is 93.7 Å². The fraction of sp³-hybridized carbons (Fsp3) is 0.566. The van der Waals surface area contributed by atoms with Crippen LogP contribution >= 0.6 is 11.6 Å². The first kappa shape index (κ1) is 108. The van der Waals surface area contributed by atoms with E-state index >= 15 is 0 Å². The number of likely N-dealkylation sites (N-methyl/N-ethyl adjacent to an activating group) is 2. The number of ether oxygens (including phenoxy) is 3. The van der Waals surface area contributed by atoms with E-state index in [4.69, 9.17) is 25.8 Å². The van der Waals surface area contributed by atoms with E-state index in [1.807, 2.05) is 43.0 Å². The number of hydrogen-bond acceptors (Lipinski definition) is 31. The first-order chi connectivity index (χ1) is 69.4. The number of carbonyl (C=O) groups is 4. The Bertz CT molecular complexity index is 5530. The average Bonchev–Trinajstić information content (AvgIpc) is 1.52. The van der Waals surface area contributed by atoms with Crippen LogP contribution in [0.2, 0.25) is 5.02 Å². The number of aryl methyl sites for hydroxylation is 3. The molecule has 0 spiro atoms. The highest BCUT2D eigenvalue weighted by Gasteiger charge is 2.39. The number of halogens is 10. The molecule has 14 heterocycles. The van der Waals surface area contributed by atoms with Crippen LogP contribution in [0.3, 0.4) is 0 Å². The highest BCUT2D eigenvalue weighted by Crippen LogP contribution is 2.46. The second-order valence-electron chi connectivity index (χ2n) is 37.1. The van der Waals surface area contributed by atoms with Gasteiger partial charge in [-0.05, 0) is 175 Å². The predicted octanol–water partition coefficient (Wildman–Crippen LogP) is 14.5. The van der Waals surface area contributed by atoms with E-state index < -0.39 is 35.2 Å². The molecular weight excluding hydrogens is 1900 g/mol. The molecule has 782 valence electrons. The first-order valence-corrected chi connectivity index (χ1v) is 50.4. The van der Waals surface area contributed by atoms with E-state index in [0.717, 1.165) is 194 Å². The van der Waals surface area contributed by atoms with Crippen molar-refractivity contribution >= 4 is 128 Å². The average molecular weight is 2030 g/mol. The van der Waals surface area contributed by atoms with Crippen LogP contribution in [0.1, 0.15) is 142 Å². The first-order valence-electron chi connectivity index (χ1n) is 50.1. The summed E-state index contributed by atoms with van der Waals surface area (Å²) in [6.45, 7) is 28.6. The number of pyridine rings is 3. The number of amides is 4. The number of likely N-dealkylation sites (tertiary alicyclic amines) is 2. The summed E-state index contributed by atoms with van der Waals surface area (Å²) in [5, 5.41) is 28.3. The van der Waals surface area contributed by atoms with Crippen LogP contribution in [0.5, 0.6) is 0 Å². The third-order valence-corrected chi connectivity index (χ3v) is 26.7. The van der Waals surface area contributed by atoms with E-state index in [1.165, 1.54) is 30.2 Å². The Kier molecular flexibility index (Phi) is 39.1. The van der Waals surface area contributed by atoms with E-state index in [0.29, 0.717) is 183 Å². The van der Waals surface area contributed by atoms with Crippen LogP contribution in [0.4, 0.5) is 132 Å². The molecule has 2 aromatic carbocycles. The van der Waals surface area contributed by atoms with Gasteiger partial charge in [-0.2, -0.15) is 54.5 Å². The van der Waals surface area contributed by atoms with Crippen molar-refractivity contribution in [1.29, 1.82) is 0 Å². The van der Waals surface area contributed by atoms with Gasteiger partial charge in [0.2, 0.25) is 41.5 Å². The number of nitrogens with one attached hydrogen (secondary N) is 9. The number of rotatable bonds is 34. The fourth-order valence-electron chi connectivity index (χ4n) is 17.8. The molecule has 1 aliphatic carbocycles. The number of aromatic nitrogens is 9. The van der Waals surface area contributed by atoms with E-state index in [-0.39, 0.29) is 72.5 Å². The van der Waals surface area contributed by atoms with Crippen molar-refractivity contribution in [3.8, 4) is 0 Å². The summed E-state index contributed by atoms with van der Waals surface area (Å²) in [6.07, 6.45) is 4.76. The number of hydrogen-bond donors (Lipinski definition) is 9. The van der Waals surface area contributed by atoms with Crippen molar-refractivity contribution in [2.75, 3.05) is 286 Å². The predicted molar refractivity (Wildman–Crippen MR) is 541 cm³/mol. The maximum atomic E-state index is 13.7. The fourth-order valence-corrected chi connectivity index (χ4v) is 18.0. The van der Waals surface area contributed by atoms with Crippen LogP contribution < -0.4 is 67.5 Å². The Balaban J connectivity index is 0.000000152. The zero-order valence-electron chi connectivity index (χ0n) is 82.6. The number of alkyl halides is 9. The minimum absolute atomic E-state index is 0.0132.